The zero-order chi connectivity index (χ0) is 19.6. The first-order valence-corrected chi connectivity index (χ1v) is 9.53. The van der Waals surface area contributed by atoms with Crippen LogP contribution in [-0.2, 0) is 9.59 Å². The van der Waals surface area contributed by atoms with Crippen molar-refractivity contribution < 1.29 is 19.1 Å². The highest BCUT2D eigenvalue weighted by atomic mass is 16.5. The van der Waals surface area contributed by atoms with Gasteiger partial charge in [-0.2, -0.15) is 0 Å². The molecule has 0 bridgehead atoms. The van der Waals surface area contributed by atoms with E-state index in [4.69, 9.17) is 4.74 Å². The Morgan fingerprint density at radius 1 is 1.19 bits per heavy atom. The zero-order valence-corrected chi connectivity index (χ0v) is 16.1. The molecule has 1 aliphatic rings. The summed E-state index contributed by atoms with van der Waals surface area (Å²) in [5.41, 5.74) is 0.468. The fourth-order valence-corrected chi connectivity index (χ4v) is 3.06. The van der Waals surface area contributed by atoms with E-state index < -0.39 is 0 Å². The Morgan fingerprint density at radius 2 is 1.93 bits per heavy atom. The minimum Gasteiger partial charge on any atom is -0.497 e. The molecule has 7 nitrogen and oxygen atoms in total. The second-order valence-corrected chi connectivity index (χ2v) is 6.73. The lowest BCUT2D eigenvalue weighted by Crippen LogP contribution is -2.48. The average molecular weight is 375 g/mol. The summed E-state index contributed by atoms with van der Waals surface area (Å²) in [7, 11) is 1.56. The van der Waals surface area contributed by atoms with Crippen LogP contribution in [0.5, 0.6) is 5.75 Å². The van der Waals surface area contributed by atoms with Crippen molar-refractivity contribution >= 4 is 17.7 Å². The van der Waals surface area contributed by atoms with Gasteiger partial charge in [0.1, 0.15) is 5.75 Å². The highest BCUT2D eigenvalue weighted by Crippen LogP contribution is 2.17. The molecule has 0 radical (unpaired) electrons. The summed E-state index contributed by atoms with van der Waals surface area (Å²) in [5, 5.41) is 5.58. The quantitative estimate of drug-likeness (QED) is 0.676. The maximum absolute atomic E-state index is 12.4. The smallest absolute Gasteiger partial charge is 0.251 e. The number of nitrogens with one attached hydrogen (secondary N) is 2. The molecular weight excluding hydrogens is 346 g/mol. The van der Waals surface area contributed by atoms with Gasteiger partial charge >= 0.3 is 0 Å². The molecule has 1 atom stereocenters. The molecule has 27 heavy (non-hydrogen) atoms. The number of methoxy groups -OCH3 is 1. The predicted octanol–water partition coefficient (Wildman–Crippen LogP) is 1.58. The molecule has 0 aromatic heterocycles. The number of carbonyl (C=O) groups excluding carboxylic acids is 3. The number of piperidine rings is 1. The van der Waals surface area contributed by atoms with Crippen LogP contribution < -0.4 is 15.4 Å². The number of rotatable bonds is 8. The van der Waals surface area contributed by atoms with Gasteiger partial charge in [0, 0.05) is 25.2 Å². The van der Waals surface area contributed by atoms with E-state index in [1.165, 1.54) is 0 Å². The average Bonchev–Trinajstić information content (AvgIpc) is 2.72. The molecular formula is C20H29N3O4. The highest BCUT2D eigenvalue weighted by molar-refractivity contribution is 5.96. The summed E-state index contributed by atoms with van der Waals surface area (Å²) in [4.78, 5) is 38.5. The minimum atomic E-state index is -0.308. The number of amides is 3. The van der Waals surface area contributed by atoms with E-state index in [9.17, 15) is 14.4 Å². The molecule has 1 aromatic carbocycles. The molecule has 3 amide bonds. The molecule has 0 aliphatic carbocycles. The Labute approximate surface area is 160 Å². The van der Waals surface area contributed by atoms with Crippen LogP contribution in [0.25, 0.3) is 0 Å². The fourth-order valence-electron chi connectivity index (χ4n) is 3.06. The van der Waals surface area contributed by atoms with Gasteiger partial charge in [0.25, 0.3) is 5.91 Å². The van der Waals surface area contributed by atoms with Gasteiger partial charge in [-0.3, -0.25) is 14.4 Å². The molecule has 1 aromatic rings. The van der Waals surface area contributed by atoms with Gasteiger partial charge in [-0.25, -0.2) is 0 Å². The first kappa shape index (κ1) is 20.7. The number of benzene rings is 1. The fraction of sp³-hybridized carbons (Fsp3) is 0.550. The van der Waals surface area contributed by atoms with Crippen molar-refractivity contribution in [3.8, 4) is 5.75 Å². The molecule has 1 fully saturated rings. The summed E-state index contributed by atoms with van der Waals surface area (Å²) >= 11 is 0. The van der Waals surface area contributed by atoms with Gasteiger partial charge in [0.15, 0.2) is 0 Å². The van der Waals surface area contributed by atoms with Crippen LogP contribution in [-0.4, -0.2) is 55.9 Å². The van der Waals surface area contributed by atoms with Crippen molar-refractivity contribution in [1.29, 1.82) is 0 Å². The topological polar surface area (TPSA) is 87.7 Å². The largest absolute Gasteiger partial charge is 0.497 e. The van der Waals surface area contributed by atoms with E-state index in [0.717, 1.165) is 25.7 Å². The van der Waals surface area contributed by atoms with Crippen LogP contribution in [0.2, 0.25) is 0 Å². The number of nitrogens with zero attached hydrogens (tertiary/aromatic N) is 1. The third kappa shape index (κ3) is 6.27. The number of carbonyl (C=O) groups is 3. The third-order valence-electron chi connectivity index (χ3n) is 4.73. The van der Waals surface area contributed by atoms with Crippen LogP contribution in [0.1, 0.15) is 43.0 Å². The Balaban J connectivity index is 1.80. The summed E-state index contributed by atoms with van der Waals surface area (Å²) in [6.45, 7) is 3.71. The molecule has 1 saturated heterocycles. The summed E-state index contributed by atoms with van der Waals surface area (Å²) in [6, 6.07) is 6.69. The molecule has 1 aliphatic heterocycles. The van der Waals surface area contributed by atoms with Crippen LogP contribution in [0.3, 0.4) is 0 Å². The Kier molecular flexibility index (Phi) is 8.10. The first-order chi connectivity index (χ1) is 13.0. The molecule has 2 N–H and O–H groups in total. The van der Waals surface area contributed by atoms with Crippen molar-refractivity contribution in [2.75, 3.05) is 33.3 Å². The van der Waals surface area contributed by atoms with Gasteiger partial charge in [0.05, 0.1) is 19.6 Å². The van der Waals surface area contributed by atoms with Crippen LogP contribution in [0.4, 0.5) is 0 Å². The third-order valence-corrected chi connectivity index (χ3v) is 4.73. The first-order valence-electron chi connectivity index (χ1n) is 9.53. The minimum absolute atomic E-state index is 0.0169. The standard InChI is InChI=1S/C20H29N3O4/c1-3-4-11-21-20(26)16-6-5-12-23(14-16)18(24)13-22-19(25)15-7-9-17(27-2)10-8-15/h7-10,16H,3-6,11-14H2,1-2H3,(H,21,26)(H,22,25). The van der Waals surface area contributed by atoms with Crippen LogP contribution in [0, 0.1) is 5.92 Å². The van der Waals surface area contributed by atoms with E-state index in [0.29, 0.717) is 30.9 Å². The monoisotopic (exact) mass is 375 g/mol. The number of ether oxygens (including phenoxy) is 1. The maximum Gasteiger partial charge on any atom is 0.251 e. The lowest BCUT2D eigenvalue weighted by Gasteiger charge is -2.32. The number of hydrogen-bond donors (Lipinski definition) is 2. The lowest BCUT2D eigenvalue weighted by molar-refractivity contribution is -0.134. The van der Waals surface area contributed by atoms with E-state index in [1.807, 2.05) is 0 Å². The van der Waals surface area contributed by atoms with Gasteiger partial charge in [-0.05, 0) is 43.5 Å². The zero-order valence-electron chi connectivity index (χ0n) is 16.1. The summed E-state index contributed by atoms with van der Waals surface area (Å²) in [5.74, 6) is 0.0408. The van der Waals surface area contributed by atoms with Gasteiger partial charge < -0.3 is 20.3 Å². The van der Waals surface area contributed by atoms with Gasteiger partial charge in [-0.15, -0.1) is 0 Å². The predicted molar refractivity (Wildman–Crippen MR) is 103 cm³/mol. The molecule has 0 saturated carbocycles. The number of likely N-dealkylation sites (tertiary alicyclic amines) is 1. The second-order valence-electron chi connectivity index (χ2n) is 6.73. The molecule has 1 unspecified atom stereocenters. The normalized spacial score (nSPS) is 16.5. The van der Waals surface area contributed by atoms with Crippen LogP contribution in [0.15, 0.2) is 24.3 Å². The Hall–Kier alpha value is -2.57. The van der Waals surface area contributed by atoms with E-state index in [-0.39, 0.29) is 30.2 Å². The maximum atomic E-state index is 12.4. The number of unbranched alkanes of at least 4 members (excludes halogenated alkanes) is 1. The summed E-state index contributed by atoms with van der Waals surface area (Å²) in [6.07, 6.45) is 3.58. The molecule has 7 heteroatoms. The van der Waals surface area contributed by atoms with Crippen molar-refractivity contribution in [1.82, 2.24) is 15.5 Å². The molecule has 1 heterocycles. The second kappa shape index (κ2) is 10.5. The van der Waals surface area contributed by atoms with E-state index >= 15 is 0 Å². The number of hydrogen-bond acceptors (Lipinski definition) is 4. The Bertz CT molecular complexity index is 645. The molecule has 2 rings (SSSR count). The molecule has 148 valence electrons. The van der Waals surface area contributed by atoms with Crippen molar-refractivity contribution in [3.63, 3.8) is 0 Å². The van der Waals surface area contributed by atoms with Crippen molar-refractivity contribution in [3.05, 3.63) is 29.8 Å². The highest BCUT2D eigenvalue weighted by Gasteiger charge is 2.28. The van der Waals surface area contributed by atoms with E-state index in [2.05, 4.69) is 17.6 Å². The van der Waals surface area contributed by atoms with Gasteiger partial charge in [-0.1, -0.05) is 13.3 Å². The van der Waals surface area contributed by atoms with Gasteiger partial charge in [0.2, 0.25) is 11.8 Å². The van der Waals surface area contributed by atoms with Crippen LogP contribution >= 0.6 is 0 Å². The summed E-state index contributed by atoms with van der Waals surface area (Å²) < 4.78 is 5.06. The van der Waals surface area contributed by atoms with Crippen molar-refractivity contribution in [2.45, 2.75) is 32.6 Å². The van der Waals surface area contributed by atoms with Crippen molar-refractivity contribution in [2.24, 2.45) is 5.92 Å². The lowest BCUT2D eigenvalue weighted by atomic mass is 9.97. The van der Waals surface area contributed by atoms with E-state index in [1.54, 1.807) is 36.3 Å². The SMILES string of the molecule is CCCCNC(=O)C1CCCN(C(=O)CNC(=O)c2ccc(OC)cc2)C1. The Morgan fingerprint density at radius 3 is 2.59 bits per heavy atom. The molecule has 0 spiro atoms.